The summed E-state index contributed by atoms with van der Waals surface area (Å²) in [4.78, 5) is 13.7. The number of likely N-dealkylation sites (tertiary alicyclic amines) is 1. The number of ether oxygens (including phenoxy) is 1. The summed E-state index contributed by atoms with van der Waals surface area (Å²) in [5, 5.41) is 10.5. The van der Waals surface area contributed by atoms with Crippen molar-refractivity contribution < 1.29 is 14.6 Å². The molecule has 1 aliphatic rings. The van der Waals surface area contributed by atoms with Gasteiger partial charge in [0.1, 0.15) is 11.5 Å². The second-order valence-corrected chi connectivity index (χ2v) is 5.84. The van der Waals surface area contributed by atoms with Crippen LogP contribution in [0.1, 0.15) is 44.3 Å². The average molecular weight is 291 g/mol. The number of piperidine rings is 1. The zero-order valence-corrected chi connectivity index (χ0v) is 12.9. The van der Waals surface area contributed by atoms with Crippen molar-refractivity contribution in [3.8, 4) is 5.75 Å². The molecule has 1 N–H and O–H groups in total. The number of benzene rings is 1. The fourth-order valence-corrected chi connectivity index (χ4v) is 3.04. The standard InChI is InChI=1S/C17H25NO3/c1-13(19)10-15-7-3-4-9-18(15)12-17(20)14-6-5-8-16(11-14)21-2/h5-6,8,11,15,17,20H,3-4,7,9-10,12H2,1-2H3. The van der Waals surface area contributed by atoms with Gasteiger partial charge in [0.2, 0.25) is 0 Å². The number of aliphatic hydroxyl groups is 1. The van der Waals surface area contributed by atoms with E-state index in [1.165, 1.54) is 6.42 Å². The highest BCUT2D eigenvalue weighted by Crippen LogP contribution is 2.25. The molecule has 2 atom stereocenters. The van der Waals surface area contributed by atoms with Gasteiger partial charge in [-0.15, -0.1) is 0 Å². The number of carbonyl (C=O) groups excluding carboxylic acids is 1. The molecule has 1 aromatic rings. The van der Waals surface area contributed by atoms with E-state index in [1.54, 1.807) is 14.0 Å². The van der Waals surface area contributed by atoms with Crippen LogP contribution in [0.4, 0.5) is 0 Å². The SMILES string of the molecule is COc1cccc(C(O)CN2CCCCC2CC(C)=O)c1. The van der Waals surface area contributed by atoms with Crippen LogP contribution in [0.5, 0.6) is 5.75 Å². The Morgan fingerprint density at radius 1 is 1.48 bits per heavy atom. The van der Waals surface area contributed by atoms with E-state index < -0.39 is 6.10 Å². The van der Waals surface area contributed by atoms with Gasteiger partial charge in [-0.2, -0.15) is 0 Å². The fraction of sp³-hybridized carbons (Fsp3) is 0.588. The average Bonchev–Trinajstić information content (AvgIpc) is 2.48. The molecule has 0 amide bonds. The summed E-state index contributed by atoms with van der Waals surface area (Å²) in [6.07, 6.45) is 3.39. The molecule has 0 radical (unpaired) electrons. The lowest BCUT2D eigenvalue weighted by molar-refractivity contribution is -0.118. The number of aliphatic hydroxyl groups excluding tert-OH is 1. The molecule has 4 heteroatoms. The number of β-amino-alcohol motifs (C(OH)–C–C–N with tert-alkyl or cyclic N) is 1. The highest BCUT2D eigenvalue weighted by Gasteiger charge is 2.25. The van der Waals surface area contributed by atoms with Gasteiger partial charge < -0.3 is 9.84 Å². The van der Waals surface area contributed by atoms with Gasteiger partial charge in [0, 0.05) is 19.0 Å². The highest BCUT2D eigenvalue weighted by atomic mass is 16.5. The molecule has 0 saturated carbocycles. The van der Waals surface area contributed by atoms with Crippen molar-refractivity contribution in [3.05, 3.63) is 29.8 Å². The topological polar surface area (TPSA) is 49.8 Å². The van der Waals surface area contributed by atoms with Gasteiger partial charge in [-0.05, 0) is 44.0 Å². The third-order valence-corrected chi connectivity index (χ3v) is 4.16. The zero-order valence-electron chi connectivity index (χ0n) is 12.9. The van der Waals surface area contributed by atoms with Crippen molar-refractivity contribution in [3.63, 3.8) is 0 Å². The molecular formula is C17H25NO3. The van der Waals surface area contributed by atoms with E-state index in [-0.39, 0.29) is 11.8 Å². The van der Waals surface area contributed by atoms with Crippen LogP contribution < -0.4 is 4.74 Å². The van der Waals surface area contributed by atoms with Crippen LogP contribution in [0.15, 0.2) is 24.3 Å². The number of rotatable bonds is 6. The van der Waals surface area contributed by atoms with Gasteiger partial charge in [-0.1, -0.05) is 18.6 Å². The molecular weight excluding hydrogens is 266 g/mol. The summed E-state index contributed by atoms with van der Waals surface area (Å²) >= 11 is 0. The monoisotopic (exact) mass is 291 g/mol. The molecule has 1 aromatic carbocycles. The predicted molar refractivity (Wildman–Crippen MR) is 82.5 cm³/mol. The third kappa shape index (κ3) is 4.55. The van der Waals surface area contributed by atoms with Gasteiger partial charge in [0.05, 0.1) is 13.2 Å². The Morgan fingerprint density at radius 3 is 3.00 bits per heavy atom. The van der Waals surface area contributed by atoms with E-state index in [4.69, 9.17) is 4.74 Å². The van der Waals surface area contributed by atoms with E-state index >= 15 is 0 Å². The van der Waals surface area contributed by atoms with Crippen molar-refractivity contribution in [1.82, 2.24) is 4.90 Å². The van der Waals surface area contributed by atoms with Crippen LogP contribution in [-0.2, 0) is 4.79 Å². The lowest BCUT2D eigenvalue weighted by Gasteiger charge is -2.36. The van der Waals surface area contributed by atoms with Crippen molar-refractivity contribution in [2.24, 2.45) is 0 Å². The van der Waals surface area contributed by atoms with Crippen LogP contribution in [0.25, 0.3) is 0 Å². The van der Waals surface area contributed by atoms with Crippen LogP contribution in [0, 0.1) is 0 Å². The zero-order chi connectivity index (χ0) is 15.2. The van der Waals surface area contributed by atoms with Crippen molar-refractivity contribution in [2.45, 2.75) is 44.8 Å². The second kappa shape index (κ2) is 7.57. The number of nitrogens with zero attached hydrogens (tertiary/aromatic N) is 1. The van der Waals surface area contributed by atoms with Crippen molar-refractivity contribution in [1.29, 1.82) is 0 Å². The summed E-state index contributed by atoms with van der Waals surface area (Å²) in [7, 11) is 1.62. The molecule has 0 spiro atoms. The lowest BCUT2D eigenvalue weighted by atomic mass is 9.96. The molecule has 116 valence electrons. The molecule has 2 unspecified atom stereocenters. The van der Waals surface area contributed by atoms with E-state index in [1.807, 2.05) is 24.3 Å². The first kappa shape index (κ1) is 16.0. The molecule has 21 heavy (non-hydrogen) atoms. The Morgan fingerprint density at radius 2 is 2.29 bits per heavy atom. The number of carbonyl (C=O) groups is 1. The molecule has 1 heterocycles. The largest absolute Gasteiger partial charge is 0.497 e. The lowest BCUT2D eigenvalue weighted by Crippen LogP contribution is -2.42. The molecule has 4 nitrogen and oxygen atoms in total. The molecule has 1 aliphatic heterocycles. The summed E-state index contributed by atoms with van der Waals surface area (Å²) in [6.45, 7) is 3.18. The van der Waals surface area contributed by atoms with Crippen LogP contribution in [0.2, 0.25) is 0 Å². The first-order chi connectivity index (χ1) is 10.1. The maximum atomic E-state index is 11.4. The fourth-order valence-electron chi connectivity index (χ4n) is 3.04. The minimum atomic E-state index is -0.548. The summed E-state index contributed by atoms with van der Waals surface area (Å²) in [6, 6.07) is 7.82. The van der Waals surface area contributed by atoms with Gasteiger partial charge in [0.15, 0.2) is 0 Å². The Bertz CT molecular complexity index is 475. The number of Topliss-reactive ketones (excluding diaryl/α,β-unsaturated/α-hetero) is 1. The van der Waals surface area contributed by atoms with Crippen molar-refractivity contribution in [2.75, 3.05) is 20.2 Å². The Balaban J connectivity index is 2.01. The number of ketones is 1. The Labute approximate surface area is 126 Å². The Kier molecular flexibility index (Phi) is 5.76. The molecule has 0 aliphatic carbocycles. The van der Waals surface area contributed by atoms with Gasteiger partial charge in [0.25, 0.3) is 0 Å². The maximum absolute atomic E-state index is 11.4. The minimum Gasteiger partial charge on any atom is -0.497 e. The van der Waals surface area contributed by atoms with Gasteiger partial charge >= 0.3 is 0 Å². The maximum Gasteiger partial charge on any atom is 0.131 e. The quantitative estimate of drug-likeness (QED) is 0.875. The first-order valence-electron chi connectivity index (χ1n) is 7.65. The first-order valence-corrected chi connectivity index (χ1v) is 7.65. The number of hydrogen-bond donors (Lipinski definition) is 1. The van der Waals surface area contributed by atoms with Crippen LogP contribution >= 0.6 is 0 Å². The number of hydrogen-bond acceptors (Lipinski definition) is 4. The van der Waals surface area contributed by atoms with Gasteiger partial charge in [-0.3, -0.25) is 9.69 Å². The van der Waals surface area contributed by atoms with E-state index in [0.29, 0.717) is 13.0 Å². The second-order valence-electron chi connectivity index (χ2n) is 5.84. The Hall–Kier alpha value is -1.39. The minimum absolute atomic E-state index is 0.225. The van der Waals surface area contributed by atoms with Gasteiger partial charge in [-0.25, -0.2) is 0 Å². The highest BCUT2D eigenvalue weighted by molar-refractivity contribution is 5.76. The van der Waals surface area contributed by atoms with E-state index in [2.05, 4.69) is 4.90 Å². The number of methoxy groups -OCH3 is 1. The molecule has 0 aromatic heterocycles. The van der Waals surface area contributed by atoms with Crippen LogP contribution in [0.3, 0.4) is 0 Å². The smallest absolute Gasteiger partial charge is 0.131 e. The molecule has 0 bridgehead atoms. The summed E-state index contributed by atoms with van der Waals surface area (Å²) < 4.78 is 5.20. The predicted octanol–water partition coefficient (Wildman–Crippen LogP) is 2.56. The summed E-state index contributed by atoms with van der Waals surface area (Å²) in [5.41, 5.74) is 0.862. The molecule has 1 saturated heterocycles. The van der Waals surface area contributed by atoms with Crippen molar-refractivity contribution >= 4 is 5.78 Å². The third-order valence-electron chi connectivity index (χ3n) is 4.16. The summed E-state index contributed by atoms with van der Waals surface area (Å²) in [5.74, 6) is 0.980. The normalized spacial score (nSPS) is 21.0. The van der Waals surface area contributed by atoms with E-state index in [0.717, 1.165) is 30.7 Å². The van der Waals surface area contributed by atoms with E-state index in [9.17, 15) is 9.90 Å². The molecule has 2 rings (SSSR count). The van der Waals surface area contributed by atoms with Crippen LogP contribution in [-0.4, -0.2) is 42.0 Å². The molecule has 1 fully saturated rings.